The number of hydrogen-bond donors (Lipinski definition) is 1. The van der Waals surface area contributed by atoms with E-state index in [0.717, 1.165) is 5.56 Å². The molecule has 19 heavy (non-hydrogen) atoms. The number of aliphatic hydroxyl groups is 1. The van der Waals surface area contributed by atoms with E-state index in [9.17, 15) is 0 Å². The van der Waals surface area contributed by atoms with Crippen molar-refractivity contribution in [2.24, 2.45) is 0 Å². The number of rotatable bonds is 4. The molecule has 5 heteroatoms. The summed E-state index contributed by atoms with van der Waals surface area (Å²) in [6, 6.07) is 7.23. The second-order valence-electron chi connectivity index (χ2n) is 5.36. The summed E-state index contributed by atoms with van der Waals surface area (Å²) in [6.07, 6.45) is 0. The van der Waals surface area contributed by atoms with Gasteiger partial charge in [-0.2, -0.15) is 4.98 Å². The standard InChI is InChI=1S/C14H18N2O3/c1-14(2,3)13-15-12(16-19-13)9-18-11-6-4-10(8-17)5-7-11/h4-7,17H,8-9H2,1-3H3. The van der Waals surface area contributed by atoms with E-state index >= 15 is 0 Å². The maximum Gasteiger partial charge on any atom is 0.232 e. The van der Waals surface area contributed by atoms with Crippen molar-refractivity contribution in [3.8, 4) is 5.75 Å². The van der Waals surface area contributed by atoms with Crippen LogP contribution in [0, 0.1) is 0 Å². The predicted molar refractivity (Wildman–Crippen MR) is 69.7 cm³/mol. The highest BCUT2D eigenvalue weighted by Crippen LogP contribution is 2.20. The summed E-state index contributed by atoms with van der Waals surface area (Å²) in [7, 11) is 0. The third-order valence-corrected chi connectivity index (χ3v) is 2.58. The Hall–Kier alpha value is -1.88. The van der Waals surface area contributed by atoms with Crippen molar-refractivity contribution in [1.82, 2.24) is 10.1 Å². The van der Waals surface area contributed by atoms with Crippen LogP contribution in [-0.2, 0) is 18.6 Å². The summed E-state index contributed by atoms with van der Waals surface area (Å²) in [5, 5.41) is 12.8. The molecule has 0 amide bonds. The molecule has 2 rings (SSSR count). The molecule has 0 aliphatic heterocycles. The lowest BCUT2D eigenvalue weighted by Crippen LogP contribution is -2.11. The van der Waals surface area contributed by atoms with Crippen LogP contribution in [-0.4, -0.2) is 15.2 Å². The molecule has 0 saturated heterocycles. The van der Waals surface area contributed by atoms with Crippen molar-refractivity contribution in [2.45, 2.75) is 39.4 Å². The summed E-state index contributed by atoms with van der Waals surface area (Å²) in [4.78, 5) is 4.29. The Bertz CT molecular complexity index is 526. The van der Waals surface area contributed by atoms with Crippen LogP contribution in [0.1, 0.15) is 38.0 Å². The summed E-state index contributed by atoms with van der Waals surface area (Å²) in [5.74, 6) is 1.83. The minimum absolute atomic E-state index is 0.0278. The van der Waals surface area contributed by atoms with Crippen molar-refractivity contribution in [3.05, 3.63) is 41.5 Å². The van der Waals surface area contributed by atoms with Crippen LogP contribution < -0.4 is 4.74 Å². The molecule has 102 valence electrons. The Morgan fingerprint density at radius 3 is 2.42 bits per heavy atom. The molecule has 0 fully saturated rings. The van der Waals surface area contributed by atoms with E-state index < -0.39 is 0 Å². The molecule has 0 aliphatic rings. The van der Waals surface area contributed by atoms with Crippen LogP contribution in [0.4, 0.5) is 0 Å². The SMILES string of the molecule is CC(C)(C)c1nc(COc2ccc(CO)cc2)no1. The highest BCUT2D eigenvalue weighted by molar-refractivity contribution is 5.26. The molecule has 0 bridgehead atoms. The first-order valence-corrected chi connectivity index (χ1v) is 6.15. The van der Waals surface area contributed by atoms with Gasteiger partial charge in [0.05, 0.1) is 6.61 Å². The first-order chi connectivity index (χ1) is 8.99. The Labute approximate surface area is 112 Å². The van der Waals surface area contributed by atoms with Gasteiger partial charge in [0.25, 0.3) is 0 Å². The highest BCUT2D eigenvalue weighted by atomic mass is 16.5. The number of aromatic nitrogens is 2. The van der Waals surface area contributed by atoms with Gasteiger partial charge in [0.2, 0.25) is 11.7 Å². The Balaban J connectivity index is 1.96. The lowest BCUT2D eigenvalue weighted by Gasteiger charge is -2.10. The molecule has 1 aromatic heterocycles. The van der Waals surface area contributed by atoms with E-state index in [0.29, 0.717) is 17.5 Å². The zero-order valence-electron chi connectivity index (χ0n) is 11.4. The summed E-state index contributed by atoms with van der Waals surface area (Å²) in [6.45, 7) is 6.33. The fraction of sp³-hybridized carbons (Fsp3) is 0.429. The first-order valence-electron chi connectivity index (χ1n) is 6.15. The minimum atomic E-state index is -0.159. The molecular weight excluding hydrogens is 244 g/mol. The van der Waals surface area contributed by atoms with Gasteiger partial charge in [-0.3, -0.25) is 0 Å². The molecule has 1 heterocycles. The molecule has 0 unspecified atom stereocenters. The largest absolute Gasteiger partial charge is 0.485 e. The average Bonchev–Trinajstić information content (AvgIpc) is 2.86. The van der Waals surface area contributed by atoms with E-state index in [1.807, 2.05) is 32.9 Å². The van der Waals surface area contributed by atoms with Gasteiger partial charge >= 0.3 is 0 Å². The van der Waals surface area contributed by atoms with Crippen molar-refractivity contribution in [2.75, 3.05) is 0 Å². The van der Waals surface area contributed by atoms with Gasteiger partial charge in [0.15, 0.2) is 6.61 Å². The lowest BCUT2D eigenvalue weighted by atomic mass is 9.97. The van der Waals surface area contributed by atoms with Crippen molar-refractivity contribution in [3.63, 3.8) is 0 Å². The van der Waals surface area contributed by atoms with Crippen LogP contribution in [0.3, 0.4) is 0 Å². The quantitative estimate of drug-likeness (QED) is 0.916. The van der Waals surface area contributed by atoms with E-state index in [-0.39, 0.29) is 18.6 Å². The monoisotopic (exact) mass is 262 g/mol. The van der Waals surface area contributed by atoms with Crippen LogP contribution in [0.5, 0.6) is 5.75 Å². The minimum Gasteiger partial charge on any atom is -0.485 e. The van der Waals surface area contributed by atoms with E-state index in [2.05, 4.69) is 10.1 Å². The topological polar surface area (TPSA) is 68.4 Å². The second kappa shape index (κ2) is 5.40. The van der Waals surface area contributed by atoms with E-state index in [1.54, 1.807) is 12.1 Å². The van der Waals surface area contributed by atoms with Crippen molar-refractivity contribution in [1.29, 1.82) is 0 Å². The molecular formula is C14H18N2O3. The maximum atomic E-state index is 8.94. The fourth-order valence-electron chi connectivity index (χ4n) is 1.46. The number of nitrogens with zero attached hydrogens (tertiary/aromatic N) is 2. The van der Waals surface area contributed by atoms with Crippen molar-refractivity contribution >= 4 is 0 Å². The molecule has 0 atom stereocenters. The van der Waals surface area contributed by atoms with Gasteiger partial charge in [-0.1, -0.05) is 38.1 Å². The second-order valence-corrected chi connectivity index (χ2v) is 5.36. The Morgan fingerprint density at radius 1 is 1.21 bits per heavy atom. The van der Waals surface area contributed by atoms with Gasteiger partial charge in [0, 0.05) is 5.41 Å². The summed E-state index contributed by atoms with van der Waals surface area (Å²) >= 11 is 0. The molecule has 5 nitrogen and oxygen atoms in total. The van der Waals surface area contributed by atoms with Crippen LogP contribution >= 0.6 is 0 Å². The molecule has 1 N–H and O–H groups in total. The highest BCUT2D eigenvalue weighted by Gasteiger charge is 2.21. The van der Waals surface area contributed by atoms with Gasteiger partial charge in [-0.05, 0) is 17.7 Å². The van der Waals surface area contributed by atoms with Gasteiger partial charge < -0.3 is 14.4 Å². The first kappa shape index (κ1) is 13.5. The molecule has 0 saturated carbocycles. The average molecular weight is 262 g/mol. The third kappa shape index (κ3) is 3.54. The normalized spacial score (nSPS) is 11.6. The summed E-state index contributed by atoms with van der Waals surface area (Å²) in [5.41, 5.74) is 0.690. The number of benzene rings is 1. The fourth-order valence-corrected chi connectivity index (χ4v) is 1.46. The smallest absolute Gasteiger partial charge is 0.232 e. The number of aliphatic hydroxyl groups excluding tert-OH is 1. The summed E-state index contributed by atoms with van der Waals surface area (Å²) < 4.78 is 10.7. The molecule has 0 radical (unpaired) electrons. The van der Waals surface area contributed by atoms with E-state index in [4.69, 9.17) is 14.4 Å². The zero-order chi connectivity index (χ0) is 13.9. The molecule has 0 aliphatic carbocycles. The number of hydrogen-bond acceptors (Lipinski definition) is 5. The van der Waals surface area contributed by atoms with Crippen LogP contribution in [0.15, 0.2) is 28.8 Å². The number of ether oxygens (including phenoxy) is 1. The molecule has 0 spiro atoms. The van der Waals surface area contributed by atoms with Crippen molar-refractivity contribution < 1.29 is 14.4 Å². The van der Waals surface area contributed by atoms with Gasteiger partial charge in [-0.15, -0.1) is 0 Å². The third-order valence-electron chi connectivity index (χ3n) is 2.58. The van der Waals surface area contributed by atoms with E-state index in [1.165, 1.54) is 0 Å². The van der Waals surface area contributed by atoms with Crippen LogP contribution in [0.2, 0.25) is 0 Å². The van der Waals surface area contributed by atoms with Gasteiger partial charge in [-0.25, -0.2) is 0 Å². The Morgan fingerprint density at radius 2 is 1.89 bits per heavy atom. The lowest BCUT2D eigenvalue weighted by molar-refractivity contribution is 0.276. The zero-order valence-corrected chi connectivity index (χ0v) is 11.4. The molecule has 1 aromatic carbocycles. The predicted octanol–water partition coefficient (Wildman–Crippen LogP) is 2.44. The van der Waals surface area contributed by atoms with Gasteiger partial charge in [0.1, 0.15) is 5.75 Å². The molecule has 2 aromatic rings. The van der Waals surface area contributed by atoms with Crippen LogP contribution in [0.25, 0.3) is 0 Å². The Kier molecular flexibility index (Phi) is 3.85. The maximum absolute atomic E-state index is 8.94.